The summed E-state index contributed by atoms with van der Waals surface area (Å²) in [5.41, 5.74) is 1.43. The number of nitrogens with one attached hydrogen (secondary N) is 1. The molecule has 1 fully saturated rings. The number of allylic oxidation sites excluding steroid dienone is 1. The topological polar surface area (TPSA) is 15.3 Å². The summed E-state index contributed by atoms with van der Waals surface area (Å²) in [5, 5.41) is 3.46. The van der Waals surface area contributed by atoms with Crippen LogP contribution in [0.5, 0.6) is 0 Å². The zero-order valence-corrected chi connectivity index (χ0v) is 10.0. The molecule has 0 spiro atoms. The van der Waals surface area contributed by atoms with E-state index >= 15 is 0 Å². The predicted octanol–water partition coefficient (Wildman–Crippen LogP) is 2.02. The second kappa shape index (κ2) is 5.52. The van der Waals surface area contributed by atoms with Gasteiger partial charge >= 0.3 is 0 Å². The van der Waals surface area contributed by atoms with E-state index in [0.29, 0.717) is 12.1 Å². The van der Waals surface area contributed by atoms with Crippen LogP contribution in [0, 0.1) is 0 Å². The third-order valence-electron chi connectivity index (χ3n) is 2.95. The van der Waals surface area contributed by atoms with Crippen molar-refractivity contribution >= 4 is 0 Å². The van der Waals surface area contributed by atoms with Gasteiger partial charge < -0.3 is 5.32 Å². The fourth-order valence-corrected chi connectivity index (χ4v) is 2.11. The van der Waals surface area contributed by atoms with Gasteiger partial charge in [-0.25, -0.2) is 0 Å². The summed E-state index contributed by atoms with van der Waals surface area (Å²) in [5.74, 6) is 0. The summed E-state index contributed by atoms with van der Waals surface area (Å²) in [6.07, 6.45) is 3.53. The molecule has 1 rings (SSSR count). The van der Waals surface area contributed by atoms with Crippen molar-refractivity contribution in [3.63, 3.8) is 0 Å². The first-order valence-electron chi connectivity index (χ1n) is 5.71. The van der Waals surface area contributed by atoms with Gasteiger partial charge in [0, 0.05) is 31.7 Å². The van der Waals surface area contributed by atoms with E-state index in [1.54, 1.807) is 0 Å². The lowest BCUT2D eigenvalue weighted by molar-refractivity contribution is 0.119. The maximum atomic E-state index is 3.46. The first-order chi connectivity index (χ1) is 6.61. The summed E-state index contributed by atoms with van der Waals surface area (Å²) in [4.78, 5) is 2.61. The van der Waals surface area contributed by atoms with Gasteiger partial charge in [0.25, 0.3) is 0 Å². The van der Waals surface area contributed by atoms with E-state index in [2.05, 4.69) is 44.0 Å². The lowest BCUT2D eigenvalue weighted by Crippen LogP contribution is -2.55. The van der Waals surface area contributed by atoms with Gasteiger partial charge in [-0.3, -0.25) is 4.90 Å². The van der Waals surface area contributed by atoms with E-state index in [9.17, 15) is 0 Å². The quantitative estimate of drug-likeness (QED) is 0.695. The van der Waals surface area contributed by atoms with Crippen molar-refractivity contribution in [3.05, 3.63) is 11.6 Å². The summed E-state index contributed by atoms with van der Waals surface area (Å²) in [7, 11) is 0. The average Bonchev–Trinajstić information content (AvgIpc) is 2.09. The summed E-state index contributed by atoms with van der Waals surface area (Å²) in [6.45, 7) is 12.4. The number of piperazine rings is 1. The number of nitrogens with zero attached hydrogens (tertiary/aromatic N) is 1. The van der Waals surface area contributed by atoms with Crippen molar-refractivity contribution in [2.45, 2.75) is 46.2 Å². The van der Waals surface area contributed by atoms with Crippen molar-refractivity contribution in [1.29, 1.82) is 0 Å². The van der Waals surface area contributed by atoms with Crippen molar-refractivity contribution < 1.29 is 0 Å². The van der Waals surface area contributed by atoms with Crippen LogP contribution in [0.25, 0.3) is 0 Å². The molecule has 0 radical (unpaired) electrons. The molecule has 2 nitrogen and oxygen atoms in total. The third kappa shape index (κ3) is 3.43. The molecule has 0 amide bonds. The number of hydrogen-bond donors (Lipinski definition) is 1. The van der Waals surface area contributed by atoms with Gasteiger partial charge in [0.15, 0.2) is 0 Å². The molecule has 1 N–H and O–H groups in total. The van der Waals surface area contributed by atoms with E-state index < -0.39 is 0 Å². The number of hydrogen-bond acceptors (Lipinski definition) is 2. The van der Waals surface area contributed by atoms with Gasteiger partial charge in [0.2, 0.25) is 0 Å². The lowest BCUT2D eigenvalue weighted by atomic mass is 10.1. The van der Waals surface area contributed by atoms with Gasteiger partial charge in [-0.15, -0.1) is 0 Å². The SMILES string of the molecule is CC(C)=CCCN1C(C)CNCC1C. The molecule has 0 aliphatic carbocycles. The van der Waals surface area contributed by atoms with Crippen LogP contribution in [0.2, 0.25) is 0 Å². The van der Waals surface area contributed by atoms with Crippen LogP contribution in [-0.4, -0.2) is 36.6 Å². The molecule has 0 bridgehead atoms. The minimum atomic E-state index is 0.685. The van der Waals surface area contributed by atoms with Crippen molar-refractivity contribution in [2.75, 3.05) is 19.6 Å². The second-order valence-corrected chi connectivity index (χ2v) is 4.66. The Balaban J connectivity index is 2.36. The molecule has 1 aliphatic heterocycles. The molecule has 2 heteroatoms. The van der Waals surface area contributed by atoms with Crippen LogP contribution < -0.4 is 5.32 Å². The van der Waals surface area contributed by atoms with Gasteiger partial charge in [-0.2, -0.15) is 0 Å². The van der Waals surface area contributed by atoms with Crippen molar-refractivity contribution in [1.82, 2.24) is 10.2 Å². The summed E-state index contributed by atoms with van der Waals surface area (Å²) in [6, 6.07) is 1.37. The molecule has 0 saturated carbocycles. The van der Waals surface area contributed by atoms with Crippen LogP contribution in [0.4, 0.5) is 0 Å². The van der Waals surface area contributed by atoms with Gasteiger partial charge in [-0.1, -0.05) is 11.6 Å². The highest BCUT2D eigenvalue weighted by molar-refractivity contribution is 4.94. The van der Waals surface area contributed by atoms with Gasteiger partial charge in [0.1, 0.15) is 0 Å². The molecule has 0 aromatic carbocycles. The van der Waals surface area contributed by atoms with E-state index in [4.69, 9.17) is 0 Å². The van der Waals surface area contributed by atoms with Crippen LogP contribution in [0.1, 0.15) is 34.1 Å². The third-order valence-corrected chi connectivity index (χ3v) is 2.95. The first-order valence-corrected chi connectivity index (χ1v) is 5.71. The summed E-state index contributed by atoms with van der Waals surface area (Å²) < 4.78 is 0. The van der Waals surface area contributed by atoms with E-state index in [1.165, 1.54) is 18.5 Å². The highest BCUT2D eigenvalue weighted by Crippen LogP contribution is 2.10. The summed E-state index contributed by atoms with van der Waals surface area (Å²) >= 11 is 0. The van der Waals surface area contributed by atoms with Crippen LogP contribution in [0.3, 0.4) is 0 Å². The van der Waals surface area contributed by atoms with Crippen LogP contribution in [-0.2, 0) is 0 Å². The molecular weight excluding hydrogens is 172 g/mol. The molecule has 2 atom stereocenters. The predicted molar refractivity (Wildman–Crippen MR) is 62.5 cm³/mol. The normalized spacial score (nSPS) is 28.9. The number of rotatable bonds is 3. The second-order valence-electron chi connectivity index (χ2n) is 4.66. The fraction of sp³-hybridized carbons (Fsp3) is 0.833. The largest absolute Gasteiger partial charge is 0.314 e. The highest BCUT2D eigenvalue weighted by Gasteiger charge is 2.22. The van der Waals surface area contributed by atoms with Crippen molar-refractivity contribution in [3.8, 4) is 0 Å². The Morgan fingerprint density at radius 1 is 1.29 bits per heavy atom. The van der Waals surface area contributed by atoms with Crippen LogP contribution in [0.15, 0.2) is 11.6 Å². The lowest BCUT2D eigenvalue weighted by Gasteiger charge is -2.39. The zero-order chi connectivity index (χ0) is 10.6. The Bertz CT molecular complexity index is 184. The Hall–Kier alpha value is -0.340. The van der Waals surface area contributed by atoms with E-state index in [1.807, 2.05) is 0 Å². The molecule has 1 heterocycles. The molecule has 1 aliphatic rings. The van der Waals surface area contributed by atoms with Gasteiger partial charge in [0.05, 0.1) is 0 Å². The Morgan fingerprint density at radius 3 is 2.36 bits per heavy atom. The van der Waals surface area contributed by atoms with Crippen molar-refractivity contribution in [2.24, 2.45) is 0 Å². The molecular formula is C12H24N2. The zero-order valence-electron chi connectivity index (χ0n) is 10.0. The minimum Gasteiger partial charge on any atom is -0.314 e. The maximum Gasteiger partial charge on any atom is 0.0195 e. The standard InChI is InChI=1S/C12H24N2/c1-10(2)6-5-7-14-11(3)8-13-9-12(14)4/h6,11-13H,5,7-9H2,1-4H3. The first kappa shape index (κ1) is 11.7. The molecule has 2 unspecified atom stereocenters. The Kier molecular flexibility index (Phi) is 4.63. The maximum absolute atomic E-state index is 3.46. The van der Waals surface area contributed by atoms with E-state index in [-0.39, 0.29) is 0 Å². The molecule has 1 saturated heterocycles. The van der Waals surface area contributed by atoms with E-state index in [0.717, 1.165) is 13.1 Å². The molecule has 14 heavy (non-hydrogen) atoms. The fourth-order valence-electron chi connectivity index (χ4n) is 2.11. The highest BCUT2D eigenvalue weighted by atomic mass is 15.2. The molecule has 0 aromatic rings. The Morgan fingerprint density at radius 2 is 1.86 bits per heavy atom. The molecule has 82 valence electrons. The Labute approximate surface area is 88.4 Å². The minimum absolute atomic E-state index is 0.685. The monoisotopic (exact) mass is 196 g/mol. The van der Waals surface area contributed by atoms with Gasteiger partial charge in [-0.05, 0) is 34.1 Å². The van der Waals surface area contributed by atoms with Crippen LogP contribution >= 0.6 is 0 Å². The smallest absolute Gasteiger partial charge is 0.0195 e. The average molecular weight is 196 g/mol. The molecule has 0 aromatic heterocycles.